The molecule has 0 atom stereocenters. The number of nitrogens with one attached hydrogen (secondary N) is 2. The van der Waals surface area contributed by atoms with Gasteiger partial charge in [0, 0.05) is 12.6 Å². The van der Waals surface area contributed by atoms with E-state index in [2.05, 4.69) is 15.5 Å². The van der Waals surface area contributed by atoms with Gasteiger partial charge in [0.25, 0.3) is 10.2 Å². The molecular weight excluding hydrogens is 260 g/mol. The molecule has 4 nitrogen and oxygen atoms in total. The van der Waals surface area contributed by atoms with Crippen LogP contribution < -0.4 is 9.44 Å². The van der Waals surface area contributed by atoms with Gasteiger partial charge in [0.1, 0.15) is 0 Å². The first-order valence-electron chi connectivity index (χ1n) is 6.88. The molecule has 5 heteroatoms. The predicted octanol–water partition coefficient (Wildman–Crippen LogP) is 1.90. The summed E-state index contributed by atoms with van der Waals surface area (Å²) in [5.41, 5.74) is 2.35. The molecule has 19 heavy (non-hydrogen) atoms. The van der Waals surface area contributed by atoms with Gasteiger partial charge in [-0.15, -0.1) is 0 Å². The van der Waals surface area contributed by atoms with Crippen LogP contribution in [0.3, 0.4) is 0 Å². The standard InChI is InChI=1S/C14H22N2O2S/c1-12-5-4-6-13(11-12)9-10-15-19(17,18)16-14-7-2-3-8-14/h4-6,11,14-16H,2-3,7-10H2,1H3. The van der Waals surface area contributed by atoms with Crippen molar-refractivity contribution in [2.45, 2.75) is 45.1 Å². The Balaban J connectivity index is 1.78. The van der Waals surface area contributed by atoms with E-state index in [1.165, 1.54) is 5.56 Å². The maximum Gasteiger partial charge on any atom is 0.277 e. The summed E-state index contributed by atoms with van der Waals surface area (Å²) in [5, 5.41) is 0. The molecule has 0 aromatic heterocycles. The van der Waals surface area contributed by atoms with Crippen molar-refractivity contribution in [2.75, 3.05) is 6.54 Å². The van der Waals surface area contributed by atoms with Crippen LogP contribution in [0.25, 0.3) is 0 Å². The number of aryl methyl sites for hydroxylation is 1. The molecule has 2 N–H and O–H groups in total. The molecule has 1 aliphatic rings. The first-order chi connectivity index (χ1) is 9.05. The van der Waals surface area contributed by atoms with Crippen molar-refractivity contribution >= 4 is 10.2 Å². The van der Waals surface area contributed by atoms with Gasteiger partial charge < -0.3 is 0 Å². The highest BCUT2D eigenvalue weighted by Crippen LogP contribution is 2.18. The van der Waals surface area contributed by atoms with Crippen LogP contribution in [0.5, 0.6) is 0 Å². The summed E-state index contributed by atoms with van der Waals surface area (Å²) in [6, 6.07) is 8.26. The minimum atomic E-state index is -3.35. The lowest BCUT2D eigenvalue weighted by atomic mass is 10.1. The Labute approximate surface area is 115 Å². The molecule has 1 saturated carbocycles. The Kier molecular flexibility index (Phi) is 4.96. The molecule has 0 unspecified atom stereocenters. The molecular formula is C14H22N2O2S. The van der Waals surface area contributed by atoms with Crippen LogP contribution in [0.4, 0.5) is 0 Å². The van der Waals surface area contributed by atoms with Gasteiger partial charge in [0.2, 0.25) is 0 Å². The Morgan fingerprint density at radius 2 is 2.00 bits per heavy atom. The van der Waals surface area contributed by atoms with Crippen LogP contribution in [-0.4, -0.2) is 21.0 Å². The van der Waals surface area contributed by atoms with Crippen molar-refractivity contribution in [3.8, 4) is 0 Å². The molecule has 1 aliphatic carbocycles. The summed E-state index contributed by atoms with van der Waals surface area (Å²) in [5.74, 6) is 0. The van der Waals surface area contributed by atoms with Crippen molar-refractivity contribution < 1.29 is 8.42 Å². The predicted molar refractivity (Wildman–Crippen MR) is 77.2 cm³/mol. The number of benzene rings is 1. The van der Waals surface area contributed by atoms with Crippen LogP contribution in [0.15, 0.2) is 24.3 Å². The molecule has 1 fully saturated rings. The van der Waals surface area contributed by atoms with Crippen LogP contribution in [0.2, 0.25) is 0 Å². The lowest BCUT2D eigenvalue weighted by Crippen LogP contribution is -2.42. The fourth-order valence-corrected chi connectivity index (χ4v) is 3.63. The average molecular weight is 282 g/mol. The maximum absolute atomic E-state index is 11.8. The fraction of sp³-hybridized carbons (Fsp3) is 0.571. The third-order valence-corrected chi connectivity index (χ3v) is 4.69. The van der Waals surface area contributed by atoms with Crippen molar-refractivity contribution in [1.82, 2.24) is 9.44 Å². The van der Waals surface area contributed by atoms with Gasteiger partial charge in [0.05, 0.1) is 0 Å². The van der Waals surface area contributed by atoms with Crippen LogP contribution in [0.1, 0.15) is 36.8 Å². The van der Waals surface area contributed by atoms with Gasteiger partial charge in [-0.1, -0.05) is 42.7 Å². The Morgan fingerprint density at radius 3 is 2.68 bits per heavy atom. The highest BCUT2D eigenvalue weighted by molar-refractivity contribution is 7.87. The van der Waals surface area contributed by atoms with Crippen molar-refractivity contribution in [3.63, 3.8) is 0 Å². The third-order valence-electron chi connectivity index (χ3n) is 3.47. The van der Waals surface area contributed by atoms with Crippen LogP contribution in [-0.2, 0) is 16.6 Å². The maximum atomic E-state index is 11.8. The summed E-state index contributed by atoms with van der Waals surface area (Å²) in [7, 11) is -3.35. The zero-order valence-corrected chi connectivity index (χ0v) is 12.2. The number of hydrogen-bond acceptors (Lipinski definition) is 2. The third kappa shape index (κ3) is 4.93. The molecule has 0 bridgehead atoms. The quantitative estimate of drug-likeness (QED) is 0.837. The minimum absolute atomic E-state index is 0.122. The van der Waals surface area contributed by atoms with Crippen molar-refractivity contribution in [1.29, 1.82) is 0 Å². The Hall–Kier alpha value is -0.910. The molecule has 0 amide bonds. The summed E-state index contributed by atoms with van der Waals surface area (Å²) >= 11 is 0. The average Bonchev–Trinajstić information content (AvgIpc) is 2.80. The Morgan fingerprint density at radius 1 is 1.26 bits per heavy atom. The van der Waals surface area contributed by atoms with Crippen molar-refractivity contribution in [3.05, 3.63) is 35.4 Å². The van der Waals surface area contributed by atoms with Gasteiger partial charge in [-0.25, -0.2) is 4.72 Å². The molecule has 0 saturated heterocycles. The van der Waals surface area contributed by atoms with E-state index in [1.54, 1.807) is 0 Å². The largest absolute Gasteiger partial charge is 0.277 e. The molecule has 0 spiro atoms. The lowest BCUT2D eigenvalue weighted by Gasteiger charge is -2.13. The molecule has 0 radical (unpaired) electrons. The molecule has 2 rings (SSSR count). The summed E-state index contributed by atoms with van der Waals surface area (Å²) < 4.78 is 29.0. The first-order valence-corrected chi connectivity index (χ1v) is 8.36. The molecule has 106 valence electrons. The number of rotatable bonds is 6. The fourth-order valence-electron chi connectivity index (χ4n) is 2.50. The van der Waals surface area contributed by atoms with Gasteiger partial charge >= 0.3 is 0 Å². The Bertz CT molecular complexity index is 508. The highest BCUT2D eigenvalue weighted by Gasteiger charge is 2.20. The second kappa shape index (κ2) is 6.50. The smallest absolute Gasteiger partial charge is 0.202 e. The zero-order chi connectivity index (χ0) is 13.7. The van der Waals surface area contributed by atoms with E-state index in [0.717, 1.165) is 31.2 Å². The van der Waals surface area contributed by atoms with Gasteiger partial charge in [-0.3, -0.25) is 0 Å². The topological polar surface area (TPSA) is 58.2 Å². The van der Waals surface area contributed by atoms with Gasteiger partial charge in [0.15, 0.2) is 0 Å². The van der Waals surface area contributed by atoms with E-state index in [1.807, 2.05) is 25.1 Å². The minimum Gasteiger partial charge on any atom is -0.202 e. The summed E-state index contributed by atoms with van der Waals surface area (Å²) in [6.45, 7) is 2.47. The molecule has 0 heterocycles. The van der Waals surface area contributed by atoms with E-state index in [9.17, 15) is 8.42 Å². The monoisotopic (exact) mass is 282 g/mol. The zero-order valence-electron chi connectivity index (χ0n) is 11.4. The second-order valence-corrected chi connectivity index (χ2v) is 6.77. The summed E-state index contributed by atoms with van der Waals surface area (Å²) in [4.78, 5) is 0. The number of hydrogen-bond donors (Lipinski definition) is 2. The summed E-state index contributed by atoms with van der Waals surface area (Å²) in [6.07, 6.45) is 4.87. The van der Waals surface area contributed by atoms with E-state index in [0.29, 0.717) is 13.0 Å². The van der Waals surface area contributed by atoms with Crippen LogP contribution >= 0.6 is 0 Å². The lowest BCUT2D eigenvalue weighted by molar-refractivity contribution is 0.539. The van der Waals surface area contributed by atoms with Gasteiger partial charge in [-0.05, 0) is 31.7 Å². The highest BCUT2D eigenvalue weighted by atomic mass is 32.2. The molecule has 1 aromatic carbocycles. The molecule has 0 aliphatic heterocycles. The van der Waals surface area contributed by atoms with E-state index >= 15 is 0 Å². The van der Waals surface area contributed by atoms with Crippen molar-refractivity contribution in [2.24, 2.45) is 0 Å². The molecule has 1 aromatic rings. The normalized spacial score (nSPS) is 16.9. The van der Waals surface area contributed by atoms with E-state index in [4.69, 9.17) is 0 Å². The van der Waals surface area contributed by atoms with Crippen LogP contribution in [0, 0.1) is 6.92 Å². The SMILES string of the molecule is Cc1cccc(CCNS(=O)(=O)NC2CCCC2)c1. The second-order valence-electron chi connectivity index (χ2n) is 5.24. The van der Waals surface area contributed by atoms with E-state index in [-0.39, 0.29) is 6.04 Å². The van der Waals surface area contributed by atoms with Gasteiger partial charge in [-0.2, -0.15) is 13.1 Å². The first kappa shape index (κ1) is 14.5. The van der Waals surface area contributed by atoms with E-state index < -0.39 is 10.2 Å².